The first-order chi connectivity index (χ1) is 21.3. The molecule has 3 aliphatic rings. The molecule has 0 spiro atoms. The molecular weight excluding hydrogens is 593 g/mol. The van der Waals surface area contributed by atoms with Gasteiger partial charge in [-0.15, -0.1) is 0 Å². The number of hydrogen-bond donors (Lipinski definition) is 3. The van der Waals surface area contributed by atoms with Crippen LogP contribution in [0.15, 0.2) is 30.3 Å². The Balaban J connectivity index is 1.48. The van der Waals surface area contributed by atoms with Crippen LogP contribution in [0.2, 0.25) is 0 Å². The average Bonchev–Trinajstić information content (AvgIpc) is 2.99. The van der Waals surface area contributed by atoms with Gasteiger partial charge in [0, 0.05) is 61.9 Å². The fourth-order valence-electron chi connectivity index (χ4n) is 6.84. The molecule has 2 amide bonds. The van der Waals surface area contributed by atoms with E-state index in [0.717, 1.165) is 32.1 Å². The first-order valence-corrected chi connectivity index (χ1v) is 15.8. The molecule has 2 unspecified atom stereocenters. The Morgan fingerprint density at radius 2 is 1.71 bits per heavy atom. The lowest BCUT2D eigenvalue weighted by Gasteiger charge is -2.44. The van der Waals surface area contributed by atoms with E-state index in [-0.39, 0.29) is 41.5 Å². The molecule has 45 heavy (non-hydrogen) atoms. The van der Waals surface area contributed by atoms with Crippen LogP contribution in [-0.2, 0) is 16.1 Å². The number of piperidine rings is 1. The zero-order chi connectivity index (χ0) is 32.5. The topological polar surface area (TPSA) is 76.7 Å². The molecule has 4 atom stereocenters. The van der Waals surface area contributed by atoms with Crippen molar-refractivity contribution in [1.82, 2.24) is 15.5 Å². The van der Waals surface area contributed by atoms with Gasteiger partial charge >= 0.3 is 6.18 Å². The van der Waals surface area contributed by atoms with E-state index in [1.807, 2.05) is 7.05 Å². The van der Waals surface area contributed by atoms with Crippen LogP contribution in [0, 0.1) is 23.5 Å². The number of likely N-dealkylation sites (N-methyl/N-ethyl adjacent to an activating group) is 1. The van der Waals surface area contributed by atoms with Gasteiger partial charge in [0.1, 0.15) is 11.6 Å². The first-order valence-electron chi connectivity index (χ1n) is 15.8. The van der Waals surface area contributed by atoms with Gasteiger partial charge in [-0.05, 0) is 63.6 Å². The normalized spacial score (nSPS) is 25.2. The van der Waals surface area contributed by atoms with E-state index in [9.17, 15) is 27.2 Å². The summed E-state index contributed by atoms with van der Waals surface area (Å²) in [5.74, 6) is -6.70. The molecule has 0 radical (unpaired) electrons. The Morgan fingerprint density at radius 1 is 1.02 bits per heavy atom. The molecule has 246 valence electrons. The molecular formula is C33H42F5N5O2. The van der Waals surface area contributed by atoms with Gasteiger partial charge in [0.2, 0.25) is 11.8 Å². The van der Waals surface area contributed by atoms with E-state index in [2.05, 4.69) is 39.6 Å². The lowest BCUT2D eigenvalue weighted by molar-refractivity contribution is -0.197. The average molecular weight is 636 g/mol. The highest BCUT2D eigenvalue weighted by atomic mass is 19.4. The molecule has 0 aromatic heterocycles. The van der Waals surface area contributed by atoms with Gasteiger partial charge in [-0.2, -0.15) is 13.2 Å². The maximum Gasteiger partial charge on any atom is 0.393 e. The van der Waals surface area contributed by atoms with Crippen molar-refractivity contribution in [3.05, 3.63) is 47.5 Å². The molecule has 2 saturated heterocycles. The second-order valence-electron chi connectivity index (χ2n) is 12.9. The van der Waals surface area contributed by atoms with E-state index in [0.29, 0.717) is 24.3 Å². The van der Waals surface area contributed by atoms with Crippen molar-refractivity contribution < 1.29 is 31.5 Å². The van der Waals surface area contributed by atoms with Crippen molar-refractivity contribution in [3.8, 4) is 11.1 Å². The molecule has 5 rings (SSSR count). The van der Waals surface area contributed by atoms with Crippen LogP contribution in [0.5, 0.6) is 0 Å². The van der Waals surface area contributed by atoms with Crippen LogP contribution >= 0.6 is 0 Å². The molecule has 3 N–H and O–H groups in total. The summed E-state index contributed by atoms with van der Waals surface area (Å²) in [6.45, 7) is 4.89. The Bertz CT molecular complexity index is 1380. The van der Waals surface area contributed by atoms with Crippen molar-refractivity contribution in [2.75, 3.05) is 36.9 Å². The lowest BCUT2D eigenvalue weighted by Crippen LogP contribution is -2.55. The van der Waals surface area contributed by atoms with Crippen LogP contribution in [0.3, 0.4) is 0 Å². The van der Waals surface area contributed by atoms with Gasteiger partial charge in [-0.3, -0.25) is 14.5 Å². The fraction of sp³-hybridized carbons (Fsp3) is 0.576. The number of carbonyl (C=O) groups is 2. The smallest absolute Gasteiger partial charge is 0.367 e. The second kappa shape index (κ2) is 13.6. The largest absolute Gasteiger partial charge is 0.393 e. The van der Waals surface area contributed by atoms with Crippen molar-refractivity contribution in [1.29, 1.82) is 0 Å². The molecule has 2 aromatic rings. The maximum atomic E-state index is 15.9. The highest BCUT2D eigenvalue weighted by Gasteiger charge is 2.50. The molecule has 7 nitrogen and oxygen atoms in total. The minimum atomic E-state index is -4.74. The second-order valence-corrected chi connectivity index (χ2v) is 12.9. The predicted octanol–water partition coefficient (Wildman–Crippen LogP) is 5.84. The number of rotatable bonds is 7. The number of hydrogen-bond acceptors (Lipinski definition) is 5. The molecule has 2 heterocycles. The van der Waals surface area contributed by atoms with Crippen molar-refractivity contribution in [2.24, 2.45) is 11.8 Å². The minimum absolute atomic E-state index is 0.0289. The monoisotopic (exact) mass is 635 g/mol. The number of anilines is 2. The van der Waals surface area contributed by atoms with Crippen LogP contribution in [0.25, 0.3) is 11.1 Å². The zero-order valence-corrected chi connectivity index (χ0v) is 25.9. The fourth-order valence-corrected chi connectivity index (χ4v) is 6.84. The molecule has 3 fully saturated rings. The van der Waals surface area contributed by atoms with Crippen molar-refractivity contribution in [3.63, 3.8) is 0 Å². The molecule has 2 aliphatic heterocycles. The third kappa shape index (κ3) is 7.43. The highest BCUT2D eigenvalue weighted by molar-refractivity contribution is 5.98. The number of carbonyl (C=O) groups excluding carboxylic acids is 2. The number of halogens is 5. The van der Waals surface area contributed by atoms with E-state index in [1.165, 1.54) is 12.1 Å². The van der Waals surface area contributed by atoms with Crippen LogP contribution < -0.4 is 20.9 Å². The number of nitrogens with one attached hydrogen (secondary N) is 3. The summed E-state index contributed by atoms with van der Waals surface area (Å²) in [7, 11) is 2.02. The van der Waals surface area contributed by atoms with Gasteiger partial charge < -0.3 is 20.9 Å². The quantitative estimate of drug-likeness (QED) is 0.334. The van der Waals surface area contributed by atoms with Gasteiger partial charge in [0.15, 0.2) is 0 Å². The van der Waals surface area contributed by atoms with Crippen molar-refractivity contribution >= 4 is 23.2 Å². The molecule has 1 aliphatic carbocycles. The SMILES string of the molecule is C[C@@H]1CN(c2ccc(-c3ccc(F)c(CNC4CCCCC4)c3F)cc2NC(=O)C2CNC(=O)CC2C(F)(F)F)C[C@H](C)N1C. The summed E-state index contributed by atoms with van der Waals surface area (Å²) in [6.07, 6.45) is -0.361. The highest BCUT2D eigenvalue weighted by Crippen LogP contribution is 2.39. The van der Waals surface area contributed by atoms with E-state index < -0.39 is 54.4 Å². The lowest BCUT2D eigenvalue weighted by atomic mass is 9.84. The molecule has 1 saturated carbocycles. The van der Waals surface area contributed by atoms with Gasteiger partial charge in [-0.25, -0.2) is 8.78 Å². The summed E-state index contributed by atoms with van der Waals surface area (Å²) < 4.78 is 72.5. The third-order valence-electron chi connectivity index (χ3n) is 9.79. The third-order valence-corrected chi connectivity index (χ3v) is 9.79. The summed E-state index contributed by atoms with van der Waals surface area (Å²) in [5.41, 5.74) is 1.21. The van der Waals surface area contributed by atoms with Gasteiger partial charge in [-0.1, -0.05) is 25.3 Å². The standard InChI is InChI=1S/C33H42F5N5O2/c1-19-17-43(18-20(2)42(19)3)29-12-9-21(13-28(29)41-32(45)24-15-40-30(44)14-26(24)33(36,37)38)23-10-11-27(34)25(31(23)35)16-39-22-7-5-4-6-8-22/h9-13,19-20,22,24,26,39H,4-8,14-18H2,1-3H3,(H,40,44)(H,41,45)/t19-,20+,24?,26?. The number of nitrogens with zero attached hydrogens (tertiary/aromatic N) is 2. The van der Waals surface area contributed by atoms with E-state index in [1.54, 1.807) is 18.2 Å². The van der Waals surface area contributed by atoms with E-state index >= 15 is 4.39 Å². The van der Waals surface area contributed by atoms with E-state index in [4.69, 9.17) is 0 Å². The Labute approximate surface area is 260 Å². The maximum absolute atomic E-state index is 15.9. The molecule has 2 aromatic carbocycles. The summed E-state index contributed by atoms with van der Waals surface area (Å²) in [4.78, 5) is 29.5. The van der Waals surface area contributed by atoms with Crippen LogP contribution in [0.1, 0.15) is 57.9 Å². The first kappa shape index (κ1) is 33.1. The van der Waals surface area contributed by atoms with Crippen molar-refractivity contribution in [2.45, 2.75) is 83.2 Å². The Morgan fingerprint density at radius 3 is 2.38 bits per heavy atom. The van der Waals surface area contributed by atoms with Gasteiger partial charge in [0.05, 0.1) is 23.2 Å². The number of amides is 2. The number of alkyl halides is 3. The minimum Gasteiger partial charge on any atom is -0.367 e. The van der Waals surface area contributed by atoms with Crippen LogP contribution in [-0.4, -0.2) is 67.7 Å². The summed E-state index contributed by atoms with van der Waals surface area (Å²) >= 11 is 0. The number of piperazine rings is 1. The Kier molecular flexibility index (Phi) is 10.0. The summed E-state index contributed by atoms with van der Waals surface area (Å²) in [5, 5.41) is 8.37. The molecule has 0 bridgehead atoms. The predicted molar refractivity (Wildman–Crippen MR) is 164 cm³/mol. The zero-order valence-electron chi connectivity index (χ0n) is 25.9. The summed E-state index contributed by atoms with van der Waals surface area (Å²) in [6, 6.07) is 7.99. The molecule has 12 heteroatoms. The Hall–Kier alpha value is -3.25. The van der Waals surface area contributed by atoms with Crippen LogP contribution in [0.4, 0.5) is 33.3 Å². The van der Waals surface area contributed by atoms with Gasteiger partial charge in [0.25, 0.3) is 0 Å². The number of benzene rings is 2.